The van der Waals surface area contributed by atoms with Crippen LogP contribution in [-0.2, 0) is 0 Å². The Morgan fingerprint density at radius 2 is 2.18 bits per heavy atom. The lowest BCUT2D eigenvalue weighted by molar-refractivity contribution is 0.539. The van der Waals surface area contributed by atoms with E-state index in [1.807, 2.05) is 24.3 Å². The van der Waals surface area contributed by atoms with Crippen LogP contribution in [0.5, 0.6) is 0 Å². The van der Waals surface area contributed by atoms with E-state index < -0.39 is 0 Å². The van der Waals surface area contributed by atoms with E-state index in [1.54, 1.807) is 0 Å². The summed E-state index contributed by atoms with van der Waals surface area (Å²) in [6.45, 7) is 6.96. The smallest absolute Gasteiger partial charge is 0.0409 e. The number of hydrogen-bond donors (Lipinski definition) is 1. The van der Waals surface area contributed by atoms with E-state index in [1.165, 1.54) is 24.8 Å². The van der Waals surface area contributed by atoms with Gasteiger partial charge in [-0.1, -0.05) is 36.2 Å². The predicted octanol–water partition coefficient (Wildman–Crippen LogP) is 4.74. The molecule has 0 saturated heterocycles. The maximum atomic E-state index is 5.97. The van der Waals surface area contributed by atoms with Crippen molar-refractivity contribution in [2.24, 2.45) is 0 Å². The van der Waals surface area contributed by atoms with E-state index in [2.05, 4.69) is 24.9 Å². The lowest BCUT2D eigenvalue weighted by Gasteiger charge is -2.14. The molecule has 1 N–H and O–H groups in total. The van der Waals surface area contributed by atoms with Gasteiger partial charge in [-0.05, 0) is 50.4 Å². The minimum absolute atomic E-state index is 0.369. The van der Waals surface area contributed by atoms with Crippen molar-refractivity contribution in [2.75, 3.05) is 6.54 Å². The molecule has 0 aliphatic rings. The third-order valence-corrected chi connectivity index (χ3v) is 3.12. The minimum Gasteiger partial charge on any atom is -0.310 e. The Morgan fingerprint density at radius 3 is 2.88 bits per heavy atom. The van der Waals surface area contributed by atoms with Crippen LogP contribution in [0, 0.1) is 0 Å². The summed E-state index contributed by atoms with van der Waals surface area (Å²) in [6, 6.07) is 8.42. The van der Waals surface area contributed by atoms with Gasteiger partial charge >= 0.3 is 0 Å². The number of halogens is 1. The first kappa shape index (κ1) is 14.3. The van der Waals surface area contributed by atoms with Crippen LogP contribution in [0.4, 0.5) is 0 Å². The van der Waals surface area contributed by atoms with Gasteiger partial charge in [0.05, 0.1) is 0 Å². The van der Waals surface area contributed by atoms with Gasteiger partial charge in [-0.15, -0.1) is 6.58 Å². The molecule has 0 saturated carbocycles. The second kappa shape index (κ2) is 8.32. The molecular formula is C15H22ClN. The zero-order valence-corrected chi connectivity index (χ0v) is 11.3. The summed E-state index contributed by atoms with van der Waals surface area (Å²) >= 11 is 5.97. The van der Waals surface area contributed by atoms with Crippen molar-refractivity contribution in [3.8, 4) is 0 Å². The highest BCUT2D eigenvalue weighted by molar-refractivity contribution is 6.30. The van der Waals surface area contributed by atoms with Gasteiger partial charge in [0.1, 0.15) is 0 Å². The van der Waals surface area contributed by atoms with E-state index in [9.17, 15) is 0 Å². The number of benzene rings is 1. The fourth-order valence-corrected chi connectivity index (χ4v) is 2.00. The van der Waals surface area contributed by atoms with Crippen molar-refractivity contribution in [1.29, 1.82) is 0 Å². The molecule has 1 aromatic rings. The Kier molecular flexibility index (Phi) is 6.99. The van der Waals surface area contributed by atoms with Gasteiger partial charge in [0.25, 0.3) is 0 Å². The molecule has 0 radical (unpaired) electrons. The average molecular weight is 252 g/mol. The number of allylic oxidation sites excluding steroid dienone is 1. The average Bonchev–Trinajstić information content (AvgIpc) is 2.33. The van der Waals surface area contributed by atoms with Crippen LogP contribution in [0.1, 0.15) is 44.2 Å². The van der Waals surface area contributed by atoms with Crippen molar-refractivity contribution in [3.05, 3.63) is 47.5 Å². The molecule has 1 aromatic carbocycles. The highest BCUT2D eigenvalue weighted by atomic mass is 35.5. The summed E-state index contributed by atoms with van der Waals surface area (Å²) in [7, 11) is 0. The van der Waals surface area contributed by atoms with E-state index in [0.717, 1.165) is 18.0 Å². The van der Waals surface area contributed by atoms with E-state index in [4.69, 9.17) is 11.6 Å². The predicted molar refractivity (Wildman–Crippen MR) is 76.5 cm³/mol. The summed E-state index contributed by atoms with van der Waals surface area (Å²) in [5.41, 5.74) is 1.25. The van der Waals surface area contributed by atoms with Gasteiger partial charge in [0.2, 0.25) is 0 Å². The van der Waals surface area contributed by atoms with Gasteiger partial charge in [0.15, 0.2) is 0 Å². The topological polar surface area (TPSA) is 12.0 Å². The lowest BCUT2D eigenvalue weighted by atomic mass is 10.1. The maximum absolute atomic E-state index is 5.97. The number of rotatable bonds is 8. The molecule has 94 valence electrons. The van der Waals surface area contributed by atoms with Crippen molar-refractivity contribution < 1.29 is 0 Å². The van der Waals surface area contributed by atoms with Crippen molar-refractivity contribution in [1.82, 2.24) is 5.32 Å². The van der Waals surface area contributed by atoms with Gasteiger partial charge in [-0.3, -0.25) is 0 Å². The molecule has 0 spiro atoms. The zero-order chi connectivity index (χ0) is 12.5. The molecule has 1 atom stereocenters. The van der Waals surface area contributed by atoms with Gasteiger partial charge < -0.3 is 5.32 Å². The fraction of sp³-hybridized carbons (Fsp3) is 0.467. The second-order valence-corrected chi connectivity index (χ2v) is 4.81. The van der Waals surface area contributed by atoms with E-state index in [-0.39, 0.29) is 0 Å². The van der Waals surface area contributed by atoms with Crippen LogP contribution >= 0.6 is 11.6 Å². The first-order chi connectivity index (χ1) is 8.24. The van der Waals surface area contributed by atoms with Crippen LogP contribution in [0.25, 0.3) is 0 Å². The molecule has 0 bridgehead atoms. The molecule has 0 aliphatic heterocycles. The Bertz CT molecular complexity index is 335. The first-order valence-corrected chi connectivity index (χ1v) is 6.71. The van der Waals surface area contributed by atoms with Gasteiger partial charge in [0, 0.05) is 11.1 Å². The minimum atomic E-state index is 0.369. The van der Waals surface area contributed by atoms with Crippen LogP contribution in [0.2, 0.25) is 5.02 Å². The molecule has 2 heteroatoms. The van der Waals surface area contributed by atoms with E-state index in [0.29, 0.717) is 6.04 Å². The summed E-state index contributed by atoms with van der Waals surface area (Å²) in [5, 5.41) is 4.33. The Morgan fingerprint density at radius 1 is 1.35 bits per heavy atom. The first-order valence-electron chi connectivity index (χ1n) is 6.34. The van der Waals surface area contributed by atoms with Gasteiger partial charge in [-0.2, -0.15) is 0 Å². The number of nitrogens with one attached hydrogen (secondary N) is 1. The highest BCUT2D eigenvalue weighted by Gasteiger charge is 2.03. The van der Waals surface area contributed by atoms with Crippen molar-refractivity contribution >= 4 is 11.6 Å². The fourth-order valence-electron chi connectivity index (χ4n) is 1.80. The quantitative estimate of drug-likeness (QED) is 0.520. The molecule has 0 fully saturated rings. The summed E-state index contributed by atoms with van der Waals surface area (Å²) in [4.78, 5) is 0. The highest BCUT2D eigenvalue weighted by Crippen LogP contribution is 2.17. The van der Waals surface area contributed by atoms with Gasteiger partial charge in [-0.25, -0.2) is 0 Å². The molecule has 0 heterocycles. The van der Waals surface area contributed by atoms with Crippen LogP contribution in [-0.4, -0.2) is 6.54 Å². The molecule has 1 nitrogen and oxygen atoms in total. The molecule has 17 heavy (non-hydrogen) atoms. The van der Waals surface area contributed by atoms with E-state index >= 15 is 0 Å². The Labute approximate surface area is 110 Å². The summed E-state index contributed by atoms with van der Waals surface area (Å²) in [6.07, 6.45) is 6.85. The number of hydrogen-bond acceptors (Lipinski definition) is 1. The third kappa shape index (κ3) is 5.90. The lowest BCUT2D eigenvalue weighted by Crippen LogP contribution is -2.19. The second-order valence-electron chi connectivity index (χ2n) is 4.37. The summed E-state index contributed by atoms with van der Waals surface area (Å²) < 4.78 is 0. The largest absolute Gasteiger partial charge is 0.310 e. The monoisotopic (exact) mass is 251 g/mol. The Hall–Kier alpha value is -0.790. The van der Waals surface area contributed by atoms with Crippen LogP contribution in [0.15, 0.2) is 36.9 Å². The molecule has 0 aliphatic carbocycles. The normalized spacial score (nSPS) is 12.4. The molecule has 0 aromatic heterocycles. The maximum Gasteiger partial charge on any atom is 0.0409 e. The van der Waals surface area contributed by atoms with Crippen LogP contribution in [0.3, 0.4) is 0 Å². The number of unbranched alkanes of at least 4 members (excludes halogenated alkanes) is 3. The standard InChI is InChI=1S/C15H22ClN/c1-3-4-5-6-7-11-17-13(2)14-9-8-10-15(16)12-14/h3,8-10,12-13,17H,1,4-7,11H2,2H3/t13-/m1/s1. The van der Waals surface area contributed by atoms with Crippen molar-refractivity contribution in [2.45, 2.75) is 38.6 Å². The summed E-state index contributed by atoms with van der Waals surface area (Å²) in [5.74, 6) is 0. The Balaban J connectivity index is 2.21. The van der Waals surface area contributed by atoms with Crippen molar-refractivity contribution in [3.63, 3.8) is 0 Å². The molecule has 0 unspecified atom stereocenters. The SMILES string of the molecule is C=CCCCCCN[C@H](C)c1cccc(Cl)c1. The molecule has 1 rings (SSSR count). The molecular weight excluding hydrogens is 230 g/mol. The molecule has 0 amide bonds. The van der Waals surface area contributed by atoms with Crippen LogP contribution < -0.4 is 5.32 Å². The zero-order valence-electron chi connectivity index (χ0n) is 10.6. The third-order valence-electron chi connectivity index (χ3n) is 2.88.